The number of hydrogen-bond donors (Lipinski definition) is 0. The lowest BCUT2D eigenvalue weighted by molar-refractivity contribution is 0.364. The number of aliphatic imine (C=N–C) groups is 1. The third kappa shape index (κ3) is 1.70. The predicted octanol–water partition coefficient (Wildman–Crippen LogP) is 1.46. The maximum atomic E-state index is 4.99. The molecule has 0 bridgehead atoms. The Morgan fingerprint density at radius 1 is 1.67 bits per heavy atom. The maximum absolute atomic E-state index is 4.99. The van der Waals surface area contributed by atoms with Gasteiger partial charge in [-0.05, 0) is 12.3 Å². The van der Waals surface area contributed by atoms with Crippen LogP contribution in [0.25, 0.3) is 0 Å². The fourth-order valence-corrected chi connectivity index (χ4v) is 0.964. The van der Waals surface area contributed by atoms with E-state index in [0.29, 0.717) is 0 Å². The van der Waals surface area contributed by atoms with Crippen LogP contribution >= 0.6 is 0 Å². The molecule has 0 saturated carbocycles. The number of nitrogens with zero attached hydrogens (tertiary/aromatic N) is 1. The van der Waals surface area contributed by atoms with Gasteiger partial charge in [-0.1, -0.05) is 6.92 Å². The Hall–Kier alpha value is -0.530. The largest absolute Gasteiger partial charge is 0.484 e. The van der Waals surface area contributed by atoms with Crippen LogP contribution in [0.2, 0.25) is 0 Å². The van der Waals surface area contributed by atoms with E-state index in [1.165, 1.54) is 6.42 Å². The summed E-state index contributed by atoms with van der Waals surface area (Å²) in [6.07, 6.45) is 2.25. The quantitative estimate of drug-likeness (QED) is 0.482. The third-order valence-electron chi connectivity index (χ3n) is 1.67. The summed E-state index contributed by atoms with van der Waals surface area (Å²) >= 11 is 0. The van der Waals surface area contributed by atoms with Crippen molar-refractivity contribution in [3.63, 3.8) is 0 Å². The van der Waals surface area contributed by atoms with Crippen molar-refractivity contribution in [2.45, 2.75) is 19.8 Å². The first-order valence-electron chi connectivity index (χ1n) is 3.40. The first kappa shape index (κ1) is 6.59. The van der Waals surface area contributed by atoms with Crippen molar-refractivity contribution >= 4 is 5.90 Å². The van der Waals surface area contributed by atoms with Crippen LogP contribution in [0.5, 0.6) is 0 Å². The molecule has 0 fully saturated rings. The van der Waals surface area contributed by atoms with Gasteiger partial charge in [-0.3, -0.25) is 4.99 Å². The lowest BCUT2D eigenvalue weighted by Crippen LogP contribution is -2.14. The molecule has 1 aliphatic heterocycles. The molecule has 0 unspecified atom stereocenters. The van der Waals surface area contributed by atoms with E-state index in [-0.39, 0.29) is 0 Å². The van der Waals surface area contributed by atoms with Gasteiger partial charge in [-0.15, -0.1) is 0 Å². The Morgan fingerprint density at radius 3 is 2.89 bits per heavy atom. The van der Waals surface area contributed by atoms with E-state index >= 15 is 0 Å². The van der Waals surface area contributed by atoms with Crippen molar-refractivity contribution < 1.29 is 4.74 Å². The average molecular weight is 127 g/mol. The van der Waals surface area contributed by atoms with Gasteiger partial charge in [-0.2, -0.15) is 0 Å². The molecule has 52 valence electrons. The average Bonchev–Trinajstić information content (AvgIpc) is 1.90. The Bertz CT molecular complexity index is 120. The van der Waals surface area contributed by atoms with Crippen LogP contribution in [0, 0.1) is 5.92 Å². The lowest BCUT2D eigenvalue weighted by Gasteiger charge is -2.15. The van der Waals surface area contributed by atoms with Gasteiger partial charge in [0.15, 0.2) is 5.90 Å². The lowest BCUT2D eigenvalue weighted by atomic mass is 10.0. The highest BCUT2D eigenvalue weighted by molar-refractivity contribution is 5.76. The second-order valence-electron chi connectivity index (χ2n) is 2.58. The smallest absolute Gasteiger partial charge is 0.182 e. The number of methoxy groups -OCH3 is 1. The van der Waals surface area contributed by atoms with E-state index in [1.807, 2.05) is 0 Å². The first-order valence-corrected chi connectivity index (χ1v) is 3.40. The van der Waals surface area contributed by atoms with Crippen LogP contribution in [-0.2, 0) is 4.74 Å². The highest BCUT2D eigenvalue weighted by Gasteiger charge is 2.10. The molecule has 0 aromatic rings. The minimum Gasteiger partial charge on any atom is -0.484 e. The minimum absolute atomic E-state index is 0.754. The molecule has 1 aliphatic rings. The molecule has 0 aliphatic carbocycles. The van der Waals surface area contributed by atoms with E-state index in [9.17, 15) is 0 Å². The minimum atomic E-state index is 0.754. The Morgan fingerprint density at radius 2 is 2.44 bits per heavy atom. The molecule has 1 heterocycles. The first-order chi connectivity index (χ1) is 4.33. The fourth-order valence-electron chi connectivity index (χ4n) is 0.964. The molecule has 1 atom stereocenters. The van der Waals surface area contributed by atoms with Crippen LogP contribution in [0.1, 0.15) is 19.8 Å². The van der Waals surface area contributed by atoms with E-state index in [1.54, 1.807) is 7.11 Å². The normalized spacial score (nSPS) is 27.3. The topological polar surface area (TPSA) is 21.6 Å². The second-order valence-corrected chi connectivity index (χ2v) is 2.58. The molecule has 9 heavy (non-hydrogen) atoms. The standard InChI is InChI=1S/C7H13NO/c1-6-3-4-7(9-2)8-5-6/h6H,3-5H2,1-2H3/t6-/m1/s1. The Kier molecular flexibility index (Phi) is 2.09. The molecule has 0 saturated heterocycles. The highest BCUT2D eigenvalue weighted by atomic mass is 16.5. The highest BCUT2D eigenvalue weighted by Crippen LogP contribution is 2.12. The third-order valence-corrected chi connectivity index (χ3v) is 1.67. The van der Waals surface area contributed by atoms with Crippen molar-refractivity contribution in [1.82, 2.24) is 0 Å². The molecule has 2 heteroatoms. The van der Waals surface area contributed by atoms with Crippen LogP contribution in [0.3, 0.4) is 0 Å². The maximum Gasteiger partial charge on any atom is 0.182 e. The van der Waals surface area contributed by atoms with Gasteiger partial charge >= 0.3 is 0 Å². The van der Waals surface area contributed by atoms with Crippen molar-refractivity contribution in [3.8, 4) is 0 Å². The molecule has 0 aromatic carbocycles. The molecule has 0 radical (unpaired) electrons. The van der Waals surface area contributed by atoms with Crippen LogP contribution in [-0.4, -0.2) is 19.6 Å². The molecule has 0 aromatic heterocycles. The van der Waals surface area contributed by atoms with Gasteiger partial charge in [-0.25, -0.2) is 0 Å². The zero-order chi connectivity index (χ0) is 6.69. The summed E-state index contributed by atoms with van der Waals surface area (Å²) in [6, 6.07) is 0. The summed E-state index contributed by atoms with van der Waals surface area (Å²) in [6.45, 7) is 3.17. The van der Waals surface area contributed by atoms with E-state index in [2.05, 4.69) is 11.9 Å². The summed E-state index contributed by atoms with van der Waals surface area (Å²) in [5.74, 6) is 1.68. The number of hydrogen-bond acceptors (Lipinski definition) is 2. The summed E-state index contributed by atoms with van der Waals surface area (Å²) in [7, 11) is 1.69. The summed E-state index contributed by atoms with van der Waals surface area (Å²) in [5, 5.41) is 0. The van der Waals surface area contributed by atoms with Crippen molar-refractivity contribution in [2.24, 2.45) is 10.9 Å². The monoisotopic (exact) mass is 127 g/mol. The molecular weight excluding hydrogens is 114 g/mol. The van der Waals surface area contributed by atoms with Crippen molar-refractivity contribution in [1.29, 1.82) is 0 Å². The van der Waals surface area contributed by atoms with Gasteiger partial charge in [0.25, 0.3) is 0 Å². The number of ether oxygens (including phenoxy) is 1. The van der Waals surface area contributed by atoms with Crippen LogP contribution in [0.4, 0.5) is 0 Å². The van der Waals surface area contributed by atoms with Gasteiger partial charge < -0.3 is 4.74 Å². The Labute approximate surface area is 55.9 Å². The van der Waals surface area contributed by atoms with E-state index in [0.717, 1.165) is 24.8 Å². The fraction of sp³-hybridized carbons (Fsp3) is 0.857. The van der Waals surface area contributed by atoms with Crippen LogP contribution < -0.4 is 0 Å². The number of rotatable bonds is 0. The summed E-state index contributed by atoms with van der Waals surface area (Å²) in [5.41, 5.74) is 0. The molecule has 0 amide bonds. The SMILES string of the molecule is COC1=NC[C@H](C)CC1. The molecule has 0 N–H and O–H groups in total. The van der Waals surface area contributed by atoms with E-state index < -0.39 is 0 Å². The van der Waals surface area contributed by atoms with Crippen LogP contribution in [0.15, 0.2) is 4.99 Å². The zero-order valence-electron chi connectivity index (χ0n) is 6.05. The molecule has 0 spiro atoms. The van der Waals surface area contributed by atoms with Gasteiger partial charge in [0.1, 0.15) is 0 Å². The summed E-state index contributed by atoms with van der Waals surface area (Å²) < 4.78 is 4.99. The van der Waals surface area contributed by atoms with Gasteiger partial charge in [0.05, 0.1) is 7.11 Å². The van der Waals surface area contributed by atoms with Gasteiger partial charge in [0.2, 0.25) is 0 Å². The van der Waals surface area contributed by atoms with E-state index in [4.69, 9.17) is 4.74 Å². The van der Waals surface area contributed by atoms with Gasteiger partial charge in [0, 0.05) is 13.0 Å². The predicted molar refractivity (Wildman–Crippen MR) is 37.7 cm³/mol. The summed E-state index contributed by atoms with van der Waals surface area (Å²) in [4.78, 5) is 4.22. The second kappa shape index (κ2) is 2.85. The molecule has 1 rings (SSSR count). The van der Waals surface area contributed by atoms with Crippen molar-refractivity contribution in [2.75, 3.05) is 13.7 Å². The molecule has 2 nitrogen and oxygen atoms in total. The zero-order valence-corrected chi connectivity index (χ0v) is 6.05. The Balaban J connectivity index is 2.40. The molecular formula is C7H13NO. The van der Waals surface area contributed by atoms with Crippen molar-refractivity contribution in [3.05, 3.63) is 0 Å².